The number of aliphatic hydroxyl groups is 1. The van der Waals surface area contributed by atoms with Crippen LogP contribution in [0.1, 0.15) is 12.5 Å². The number of hydrogen-bond acceptors (Lipinski definition) is 3. The second-order valence-electron chi connectivity index (χ2n) is 3.40. The van der Waals surface area contributed by atoms with Crippen molar-refractivity contribution in [3.05, 3.63) is 28.8 Å². The highest BCUT2D eigenvalue weighted by molar-refractivity contribution is 6.31. The molecule has 0 radical (unpaired) electrons. The zero-order chi connectivity index (χ0) is 11.3. The van der Waals surface area contributed by atoms with E-state index >= 15 is 0 Å². The minimum Gasteiger partial charge on any atom is -0.398 e. The maximum atomic E-state index is 8.88. The third-order valence-electron chi connectivity index (χ3n) is 2.40. The Bertz CT molecular complexity index is 297. The van der Waals surface area contributed by atoms with Gasteiger partial charge < -0.3 is 10.8 Å². The molecule has 0 heterocycles. The molecule has 0 aliphatic carbocycles. The second-order valence-corrected chi connectivity index (χ2v) is 3.81. The van der Waals surface area contributed by atoms with Crippen molar-refractivity contribution in [1.82, 2.24) is 4.90 Å². The van der Waals surface area contributed by atoms with Crippen LogP contribution in [-0.4, -0.2) is 29.7 Å². The van der Waals surface area contributed by atoms with Gasteiger partial charge in [-0.05, 0) is 18.7 Å². The van der Waals surface area contributed by atoms with Crippen molar-refractivity contribution in [2.75, 3.05) is 25.4 Å². The van der Waals surface area contributed by atoms with E-state index in [1.54, 1.807) is 0 Å². The predicted molar refractivity (Wildman–Crippen MR) is 63.9 cm³/mol. The lowest BCUT2D eigenvalue weighted by Gasteiger charge is -2.20. The van der Waals surface area contributed by atoms with Gasteiger partial charge in [0.1, 0.15) is 0 Å². The summed E-state index contributed by atoms with van der Waals surface area (Å²) in [5.41, 5.74) is 7.49. The first-order valence-electron chi connectivity index (χ1n) is 5.05. The zero-order valence-electron chi connectivity index (χ0n) is 8.91. The van der Waals surface area contributed by atoms with Crippen LogP contribution in [-0.2, 0) is 6.54 Å². The van der Waals surface area contributed by atoms with Gasteiger partial charge in [0, 0.05) is 29.4 Å². The molecule has 0 fully saturated rings. The van der Waals surface area contributed by atoms with Crippen LogP contribution in [0.2, 0.25) is 5.02 Å². The van der Waals surface area contributed by atoms with E-state index in [1.165, 1.54) is 0 Å². The van der Waals surface area contributed by atoms with Crippen LogP contribution in [0.15, 0.2) is 18.2 Å². The molecule has 0 aliphatic heterocycles. The number of benzene rings is 1. The van der Waals surface area contributed by atoms with Gasteiger partial charge in [-0.25, -0.2) is 0 Å². The van der Waals surface area contributed by atoms with Crippen LogP contribution in [0.3, 0.4) is 0 Å². The quantitative estimate of drug-likeness (QED) is 0.755. The Labute approximate surface area is 95.5 Å². The Morgan fingerprint density at radius 2 is 2.20 bits per heavy atom. The largest absolute Gasteiger partial charge is 0.398 e. The second kappa shape index (κ2) is 5.95. The summed E-state index contributed by atoms with van der Waals surface area (Å²) in [5, 5.41) is 9.56. The van der Waals surface area contributed by atoms with Crippen LogP contribution in [0.4, 0.5) is 5.69 Å². The number of hydrogen-bond donors (Lipinski definition) is 2. The van der Waals surface area contributed by atoms with Crippen molar-refractivity contribution >= 4 is 17.3 Å². The maximum Gasteiger partial charge on any atom is 0.0558 e. The number of halogens is 1. The number of anilines is 1. The van der Waals surface area contributed by atoms with Crippen molar-refractivity contribution < 1.29 is 5.11 Å². The van der Waals surface area contributed by atoms with Gasteiger partial charge in [0.2, 0.25) is 0 Å². The summed E-state index contributed by atoms with van der Waals surface area (Å²) in [4.78, 5) is 2.09. The van der Waals surface area contributed by atoms with Gasteiger partial charge in [-0.3, -0.25) is 4.90 Å². The molecule has 0 unspecified atom stereocenters. The van der Waals surface area contributed by atoms with E-state index < -0.39 is 0 Å². The number of nitrogens with zero attached hydrogens (tertiary/aromatic N) is 1. The van der Waals surface area contributed by atoms with Gasteiger partial charge in [0.15, 0.2) is 0 Å². The lowest BCUT2D eigenvalue weighted by molar-refractivity contribution is 0.197. The van der Waals surface area contributed by atoms with E-state index in [9.17, 15) is 0 Å². The Kier molecular flexibility index (Phi) is 4.88. The zero-order valence-corrected chi connectivity index (χ0v) is 9.67. The third-order valence-corrected chi connectivity index (χ3v) is 2.75. The first kappa shape index (κ1) is 12.3. The molecule has 0 spiro atoms. The van der Waals surface area contributed by atoms with Gasteiger partial charge in [-0.15, -0.1) is 0 Å². The average Bonchev–Trinajstić information content (AvgIpc) is 2.22. The summed E-state index contributed by atoms with van der Waals surface area (Å²) in [6, 6.07) is 5.51. The fraction of sp³-hybridized carbons (Fsp3) is 0.455. The molecule has 1 aromatic carbocycles. The molecule has 0 amide bonds. The standard InChI is InChI=1S/C11H17ClN2O/c1-2-14(6-7-15)8-9-10(12)4-3-5-11(9)13/h3-5,15H,2,6-8,13H2,1H3. The number of rotatable bonds is 5. The molecule has 84 valence electrons. The van der Waals surface area contributed by atoms with E-state index in [4.69, 9.17) is 22.4 Å². The van der Waals surface area contributed by atoms with Crippen molar-refractivity contribution in [2.45, 2.75) is 13.5 Å². The van der Waals surface area contributed by atoms with E-state index in [-0.39, 0.29) is 6.61 Å². The molecule has 3 N–H and O–H groups in total. The summed E-state index contributed by atoms with van der Waals surface area (Å²) in [6.45, 7) is 4.38. The van der Waals surface area contributed by atoms with Crippen molar-refractivity contribution in [3.63, 3.8) is 0 Å². The minimum absolute atomic E-state index is 0.151. The Morgan fingerprint density at radius 1 is 1.47 bits per heavy atom. The minimum atomic E-state index is 0.151. The predicted octanol–water partition coefficient (Wildman–Crippen LogP) is 1.74. The normalized spacial score (nSPS) is 10.9. The van der Waals surface area contributed by atoms with Gasteiger partial charge in [-0.2, -0.15) is 0 Å². The molecule has 15 heavy (non-hydrogen) atoms. The number of aliphatic hydroxyl groups excluding tert-OH is 1. The highest BCUT2D eigenvalue weighted by Crippen LogP contribution is 2.23. The van der Waals surface area contributed by atoms with E-state index in [0.717, 1.165) is 12.1 Å². The summed E-state index contributed by atoms with van der Waals surface area (Å²) < 4.78 is 0. The Hall–Kier alpha value is -0.770. The molecule has 0 bridgehead atoms. The van der Waals surface area contributed by atoms with Crippen LogP contribution in [0, 0.1) is 0 Å². The topological polar surface area (TPSA) is 49.5 Å². The number of nitrogens with two attached hydrogens (primary N) is 1. The van der Waals surface area contributed by atoms with Gasteiger partial charge in [0.05, 0.1) is 6.61 Å². The molecule has 3 nitrogen and oxygen atoms in total. The van der Waals surface area contributed by atoms with Crippen molar-refractivity contribution in [2.24, 2.45) is 0 Å². The average molecular weight is 229 g/mol. The van der Waals surface area contributed by atoms with Gasteiger partial charge in [-0.1, -0.05) is 24.6 Å². The van der Waals surface area contributed by atoms with Crippen LogP contribution < -0.4 is 5.73 Å². The summed E-state index contributed by atoms with van der Waals surface area (Å²) >= 11 is 6.06. The van der Waals surface area contributed by atoms with E-state index in [0.29, 0.717) is 23.8 Å². The van der Waals surface area contributed by atoms with Crippen LogP contribution in [0.25, 0.3) is 0 Å². The van der Waals surface area contributed by atoms with E-state index in [2.05, 4.69) is 4.90 Å². The third kappa shape index (κ3) is 3.38. The van der Waals surface area contributed by atoms with Crippen molar-refractivity contribution in [3.8, 4) is 0 Å². The van der Waals surface area contributed by atoms with Gasteiger partial charge >= 0.3 is 0 Å². The number of nitrogen functional groups attached to an aromatic ring is 1. The Morgan fingerprint density at radius 3 is 2.73 bits per heavy atom. The molecule has 0 aliphatic rings. The molecule has 0 atom stereocenters. The maximum absolute atomic E-state index is 8.88. The number of likely N-dealkylation sites (N-methyl/N-ethyl adjacent to an activating group) is 1. The fourth-order valence-corrected chi connectivity index (χ4v) is 1.70. The molecule has 1 aromatic rings. The summed E-state index contributed by atoms with van der Waals surface area (Å²) in [6.07, 6.45) is 0. The van der Waals surface area contributed by atoms with Crippen LogP contribution in [0.5, 0.6) is 0 Å². The van der Waals surface area contributed by atoms with Gasteiger partial charge in [0.25, 0.3) is 0 Å². The molecule has 0 saturated heterocycles. The van der Waals surface area contributed by atoms with Crippen molar-refractivity contribution in [1.29, 1.82) is 0 Å². The molecule has 4 heteroatoms. The SMILES string of the molecule is CCN(CCO)Cc1c(N)cccc1Cl. The monoisotopic (exact) mass is 228 g/mol. The van der Waals surface area contributed by atoms with Crippen LogP contribution >= 0.6 is 11.6 Å². The molecule has 0 aromatic heterocycles. The summed E-state index contributed by atoms with van der Waals surface area (Å²) in [7, 11) is 0. The molecular weight excluding hydrogens is 212 g/mol. The highest BCUT2D eigenvalue weighted by Gasteiger charge is 2.08. The highest BCUT2D eigenvalue weighted by atomic mass is 35.5. The molecular formula is C11H17ClN2O. The first-order chi connectivity index (χ1) is 7.19. The fourth-order valence-electron chi connectivity index (χ4n) is 1.46. The molecule has 0 saturated carbocycles. The van der Waals surface area contributed by atoms with E-state index in [1.807, 2.05) is 25.1 Å². The first-order valence-corrected chi connectivity index (χ1v) is 5.43. The lowest BCUT2D eigenvalue weighted by atomic mass is 10.1. The molecule has 1 rings (SSSR count). The summed E-state index contributed by atoms with van der Waals surface area (Å²) in [5.74, 6) is 0. The lowest BCUT2D eigenvalue weighted by Crippen LogP contribution is -2.26. The Balaban J connectivity index is 2.78. The smallest absolute Gasteiger partial charge is 0.0558 e.